The van der Waals surface area contributed by atoms with Crippen LogP contribution in [-0.4, -0.2) is 5.71 Å². The van der Waals surface area contributed by atoms with Gasteiger partial charge in [0.2, 0.25) is 0 Å². The maximum Gasteiger partial charge on any atom is 0.0335 e. The molecule has 3 unspecified atom stereocenters. The summed E-state index contributed by atoms with van der Waals surface area (Å²) in [5.41, 5.74) is 3.91. The topological polar surface area (TPSA) is 12.4 Å². The highest BCUT2D eigenvalue weighted by atomic mass is 14.7. The Morgan fingerprint density at radius 3 is 2.19 bits per heavy atom. The van der Waals surface area contributed by atoms with Gasteiger partial charge in [-0.3, -0.25) is 4.99 Å². The van der Waals surface area contributed by atoms with Gasteiger partial charge in [-0.25, -0.2) is 0 Å². The Morgan fingerprint density at radius 2 is 1.56 bits per heavy atom. The van der Waals surface area contributed by atoms with Crippen molar-refractivity contribution in [2.75, 3.05) is 0 Å². The third kappa shape index (κ3) is 3.62. The highest BCUT2D eigenvalue weighted by Gasteiger charge is 2.13. The van der Waals surface area contributed by atoms with E-state index in [1.165, 1.54) is 11.3 Å². The zero-order valence-electron chi connectivity index (χ0n) is 11.5. The van der Waals surface area contributed by atoms with E-state index < -0.39 is 0 Å². The van der Waals surface area contributed by atoms with Gasteiger partial charge in [-0.05, 0) is 44.9 Å². The summed E-state index contributed by atoms with van der Waals surface area (Å²) in [6.07, 6.45) is 5.79. The summed E-state index contributed by atoms with van der Waals surface area (Å²) in [5, 5.41) is 0. The van der Waals surface area contributed by atoms with Crippen LogP contribution in [0.1, 0.15) is 48.0 Å². The molecule has 0 radical (unpaired) electrons. The fraction of sp³-hybridized carbons (Fsp3) is 0.667. The first-order valence-corrected chi connectivity index (χ1v) is 6.31. The Morgan fingerprint density at radius 1 is 1.00 bits per heavy atom. The lowest BCUT2D eigenvalue weighted by Crippen LogP contribution is -2.10. The second-order valence-electron chi connectivity index (χ2n) is 5.39. The van der Waals surface area contributed by atoms with Gasteiger partial charge in [-0.2, -0.15) is 0 Å². The molecule has 1 heterocycles. The van der Waals surface area contributed by atoms with Crippen molar-refractivity contribution in [1.29, 1.82) is 0 Å². The first-order chi connectivity index (χ1) is 7.40. The minimum Gasteiger partial charge on any atom is -0.263 e. The van der Waals surface area contributed by atoms with Crippen LogP contribution in [0.25, 0.3) is 0 Å². The molecule has 1 aliphatic rings. The molecule has 16 heavy (non-hydrogen) atoms. The van der Waals surface area contributed by atoms with Crippen molar-refractivity contribution in [1.82, 2.24) is 0 Å². The maximum atomic E-state index is 4.66. The Labute approximate surface area is 100 Å². The van der Waals surface area contributed by atoms with Gasteiger partial charge < -0.3 is 0 Å². The minimum absolute atomic E-state index is 0.566. The second kappa shape index (κ2) is 5.47. The molecule has 90 valence electrons. The monoisotopic (exact) mass is 219 g/mol. The van der Waals surface area contributed by atoms with E-state index in [0.29, 0.717) is 17.8 Å². The molecule has 0 spiro atoms. The van der Waals surface area contributed by atoms with Crippen LogP contribution in [0.5, 0.6) is 0 Å². The Balaban J connectivity index is 3.06. The highest BCUT2D eigenvalue weighted by molar-refractivity contribution is 5.83. The first kappa shape index (κ1) is 13.2. The zero-order chi connectivity index (χ0) is 12.3. The summed E-state index contributed by atoms with van der Waals surface area (Å²) < 4.78 is 0. The minimum atomic E-state index is 0.566. The highest BCUT2D eigenvalue weighted by Crippen LogP contribution is 2.24. The van der Waals surface area contributed by atoms with Crippen LogP contribution in [0.2, 0.25) is 0 Å². The van der Waals surface area contributed by atoms with E-state index in [2.05, 4.69) is 58.7 Å². The van der Waals surface area contributed by atoms with Gasteiger partial charge in [-0.15, -0.1) is 0 Å². The summed E-state index contributed by atoms with van der Waals surface area (Å²) in [7, 11) is 0. The molecule has 1 heteroatoms. The molecule has 0 fully saturated rings. The van der Waals surface area contributed by atoms with Crippen molar-refractivity contribution in [3.05, 3.63) is 23.4 Å². The fourth-order valence-corrected chi connectivity index (χ4v) is 2.25. The normalized spacial score (nSPS) is 42.4. The fourth-order valence-electron chi connectivity index (χ4n) is 2.25. The molecule has 1 nitrogen and oxygen atoms in total. The van der Waals surface area contributed by atoms with Crippen molar-refractivity contribution in [2.45, 2.75) is 48.0 Å². The molecular weight excluding hydrogens is 194 g/mol. The second-order valence-corrected chi connectivity index (χ2v) is 5.39. The van der Waals surface area contributed by atoms with Crippen LogP contribution in [0.3, 0.4) is 0 Å². The van der Waals surface area contributed by atoms with Gasteiger partial charge in [0.1, 0.15) is 0 Å². The molecule has 0 aliphatic carbocycles. The van der Waals surface area contributed by atoms with Gasteiger partial charge in [0.05, 0.1) is 0 Å². The van der Waals surface area contributed by atoms with Crippen LogP contribution in [-0.2, 0) is 0 Å². The van der Waals surface area contributed by atoms with Crippen molar-refractivity contribution in [3.63, 3.8) is 0 Å². The lowest BCUT2D eigenvalue weighted by molar-refractivity contribution is 0.542. The van der Waals surface area contributed by atoms with E-state index in [-0.39, 0.29) is 0 Å². The van der Waals surface area contributed by atoms with E-state index >= 15 is 0 Å². The number of aliphatic imine (C=N–C) groups is 1. The molecule has 0 amide bonds. The molecule has 0 saturated carbocycles. The first-order valence-electron chi connectivity index (χ1n) is 6.31. The van der Waals surface area contributed by atoms with E-state index in [9.17, 15) is 0 Å². The van der Waals surface area contributed by atoms with E-state index in [0.717, 1.165) is 12.1 Å². The number of rotatable bonds is 0. The third-order valence-corrected chi connectivity index (χ3v) is 3.61. The smallest absolute Gasteiger partial charge is 0.0335 e. The van der Waals surface area contributed by atoms with E-state index in [1.807, 2.05) is 0 Å². The SMILES string of the molecule is C/C1=N/C(C)=C/C(C)C(C)/C=C(\C)C(C)C1. The molecule has 0 aromatic rings. The molecule has 3 atom stereocenters. The largest absolute Gasteiger partial charge is 0.263 e. The van der Waals surface area contributed by atoms with Gasteiger partial charge in [-0.1, -0.05) is 38.5 Å². The van der Waals surface area contributed by atoms with Crippen LogP contribution in [0, 0.1) is 17.8 Å². The van der Waals surface area contributed by atoms with Crippen molar-refractivity contribution >= 4 is 5.71 Å². The number of nitrogens with zero attached hydrogens (tertiary/aromatic N) is 1. The van der Waals surface area contributed by atoms with Crippen molar-refractivity contribution < 1.29 is 0 Å². The lowest BCUT2D eigenvalue weighted by atomic mass is 9.88. The van der Waals surface area contributed by atoms with Gasteiger partial charge in [0, 0.05) is 11.4 Å². The Hall–Kier alpha value is -0.850. The van der Waals surface area contributed by atoms with Crippen LogP contribution < -0.4 is 0 Å². The molecule has 0 aromatic carbocycles. The summed E-state index contributed by atoms with van der Waals surface area (Å²) in [6, 6.07) is 0. The quantitative estimate of drug-likeness (QED) is 0.528. The molecule has 0 bridgehead atoms. The van der Waals surface area contributed by atoms with E-state index in [4.69, 9.17) is 0 Å². The third-order valence-electron chi connectivity index (χ3n) is 3.61. The van der Waals surface area contributed by atoms with E-state index in [1.54, 1.807) is 0 Å². The number of allylic oxidation sites excluding steroid dienone is 4. The Kier molecular flexibility index (Phi) is 4.52. The molecule has 1 rings (SSSR count). The summed E-state index contributed by atoms with van der Waals surface area (Å²) >= 11 is 0. The summed E-state index contributed by atoms with van der Waals surface area (Å²) in [6.45, 7) is 13.4. The predicted octanol–water partition coefficient (Wildman–Crippen LogP) is 4.61. The zero-order valence-corrected chi connectivity index (χ0v) is 11.5. The van der Waals surface area contributed by atoms with Crippen molar-refractivity contribution in [3.8, 4) is 0 Å². The van der Waals surface area contributed by atoms with Crippen molar-refractivity contribution in [2.24, 2.45) is 22.7 Å². The molecule has 0 aromatic heterocycles. The van der Waals surface area contributed by atoms with Gasteiger partial charge in [0.25, 0.3) is 0 Å². The number of hydrogen-bond acceptors (Lipinski definition) is 1. The van der Waals surface area contributed by atoms with Crippen LogP contribution in [0.15, 0.2) is 28.4 Å². The summed E-state index contributed by atoms with van der Waals surface area (Å²) in [4.78, 5) is 4.66. The maximum absolute atomic E-state index is 4.66. The lowest BCUT2D eigenvalue weighted by Gasteiger charge is -2.20. The molecular formula is C15H25N. The van der Waals surface area contributed by atoms with Crippen LogP contribution in [0.4, 0.5) is 0 Å². The summed E-state index contributed by atoms with van der Waals surface area (Å²) in [5.74, 6) is 1.78. The average molecular weight is 219 g/mol. The van der Waals surface area contributed by atoms with Gasteiger partial charge >= 0.3 is 0 Å². The number of hydrogen-bond donors (Lipinski definition) is 0. The Bertz CT molecular complexity index is 333. The molecule has 0 saturated heterocycles. The van der Waals surface area contributed by atoms with Gasteiger partial charge in [0.15, 0.2) is 0 Å². The predicted molar refractivity (Wildman–Crippen MR) is 72.7 cm³/mol. The molecule has 0 N–H and O–H groups in total. The standard InChI is InChI=1S/C15H25N/c1-10-7-11(2)13(4)9-15(6)16-14(5)8-12(10)3/h7-8,10,12-13H,9H2,1-6H3/b11-7+,14-8+,16-15-. The molecule has 1 aliphatic heterocycles. The van der Waals surface area contributed by atoms with Crippen LogP contribution >= 0.6 is 0 Å². The average Bonchev–Trinajstić information content (AvgIpc) is 2.15.